The van der Waals surface area contributed by atoms with E-state index in [0.29, 0.717) is 17.4 Å². The lowest BCUT2D eigenvalue weighted by Crippen LogP contribution is -2.36. The average molecular weight is 336 g/mol. The maximum absolute atomic E-state index is 8.81. The zero-order valence-electron chi connectivity index (χ0n) is 14.6. The quantitative estimate of drug-likeness (QED) is 0.894. The maximum atomic E-state index is 8.81. The number of anilines is 1. The molecule has 1 N–H and O–H groups in total. The molecular weight excluding hydrogens is 312 g/mol. The third kappa shape index (κ3) is 4.94. The number of furan rings is 1. The van der Waals surface area contributed by atoms with Crippen molar-refractivity contribution in [2.24, 2.45) is 0 Å². The van der Waals surface area contributed by atoms with Crippen LogP contribution in [0.15, 0.2) is 47.1 Å². The number of nitriles is 1. The first-order chi connectivity index (χ1) is 12.2. The van der Waals surface area contributed by atoms with Crippen LogP contribution in [0.3, 0.4) is 0 Å². The number of allylic oxidation sites excluding steroid dienone is 4. The minimum Gasteiger partial charge on any atom is -0.444 e. The zero-order valence-corrected chi connectivity index (χ0v) is 14.6. The highest BCUT2D eigenvalue weighted by atomic mass is 16.3. The van der Waals surface area contributed by atoms with Crippen LogP contribution >= 0.6 is 0 Å². The van der Waals surface area contributed by atoms with Gasteiger partial charge in [-0.25, -0.2) is 4.98 Å². The predicted octanol–water partition coefficient (Wildman–Crippen LogP) is 4.10. The molecule has 5 heteroatoms. The van der Waals surface area contributed by atoms with E-state index < -0.39 is 0 Å². The first-order valence-electron chi connectivity index (χ1n) is 8.81. The fraction of sp³-hybridized carbons (Fsp3) is 0.400. The van der Waals surface area contributed by atoms with Crippen LogP contribution in [0.4, 0.5) is 5.82 Å². The Morgan fingerprint density at radius 1 is 1.20 bits per heavy atom. The molecule has 1 saturated heterocycles. The lowest BCUT2D eigenvalue weighted by Gasteiger charge is -2.29. The molecular formula is C20H24N4O. The van der Waals surface area contributed by atoms with Crippen molar-refractivity contribution in [1.82, 2.24) is 9.88 Å². The Morgan fingerprint density at radius 3 is 2.52 bits per heavy atom. The van der Waals surface area contributed by atoms with Crippen LogP contribution < -0.4 is 5.32 Å². The Labute approximate surface area is 148 Å². The van der Waals surface area contributed by atoms with E-state index in [-0.39, 0.29) is 0 Å². The fourth-order valence-electron chi connectivity index (χ4n) is 2.98. The second-order valence-electron chi connectivity index (χ2n) is 6.49. The van der Waals surface area contributed by atoms with Crippen LogP contribution in [0.5, 0.6) is 0 Å². The third-order valence-corrected chi connectivity index (χ3v) is 4.47. The smallest absolute Gasteiger partial charge is 0.204 e. The summed E-state index contributed by atoms with van der Waals surface area (Å²) in [5, 5.41) is 13.2. The van der Waals surface area contributed by atoms with E-state index in [1.807, 2.05) is 12.1 Å². The summed E-state index contributed by atoms with van der Waals surface area (Å²) in [4.78, 5) is 6.68. The summed E-state index contributed by atoms with van der Waals surface area (Å²) in [7, 11) is 2.15. The van der Waals surface area contributed by atoms with Gasteiger partial charge in [0.2, 0.25) is 5.76 Å². The van der Waals surface area contributed by atoms with Gasteiger partial charge in [-0.05, 0) is 51.9 Å². The van der Waals surface area contributed by atoms with E-state index in [2.05, 4.69) is 46.6 Å². The van der Waals surface area contributed by atoms with Gasteiger partial charge in [-0.3, -0.25) is 0 Å². The number of pyridine rings is 1. The van der Waals surface area contributed by atoms with Gasteiger partial charge in [-0.1, -0.05) is 24.3 Å². The molecule has 4 rings (SSSR count). The molecule has 0 atom stereocenters. The highest BCUT2D eigenvalue weighted by Crippen LogP contribution is 2.22. The molecule has 0 spiro atoms. The second kappa shape index (κ2) is 8.50. The van der Waals surface area contributed by atoms with Gasteiger partial charge in [0.05, 0.1) is 6.20 Å². The van der Waals surface area contributed by atoms with Crippen molar-refractivity contribution in [3.63, 3.8) is 0 Å². The minimum absolute atomic E-state index is 0.327. The van der Waals surface area contributed by atoms with Crippen LogP contribution in [-0.2, 0) is 0 Å². The molecule has 2 aliphatic rings. The van der Waals surface area contributed by atoms with Gasteiger partial charge in [0.25, 0.3) is 0 Å². The monoisotopic (exact) mass is 336 g/mol. The number of piperidine rings is 1. The summed E-state index contributed by atoms with van der Waals surface area (Å²) in [5.74, 6) is 1.18. The Hall–Kier alpha value is -2.58. The number of hydrogen-bond donors (Lipinski definition) is 1. The van der Waals surface area contributed by atoms with Gasteiger partial charge in [0.15, 0.2) is 5.58 Å². The highest BCUT2D eigenvalue weighted by molar-refractivity contribution is 5.80. The minimum atomic E-state index is 0.327. The molecule has 1 aliphatic heterocycles. The molecule has 0 radical (unpaired) electrons. The number of rotatable bonds is 2. The highest BCUT2D eigenvalue weighted by Gasteiger charge is 2.17. The summed E-state index contributed by atoms with van der Waals surface area (Å²) in [5.41, 5.74) is 0.658. The normalized spacial score (nSPS) is 17.8. The van der Waals surface area contributed by atoms with Gasteiger partial charge in [0, 0.05) is 17.5 Å². The van der Waals surface area contributed by atoms with E-state index in [4.69, 9.17) is 9.68 Å². The molecule has 3 heterocycles. The summed E-state index contributed by atoms with van der Waals surface area (Å²) in [6, 6.07) is 6.17. The van der Waals surface area contributed by atoms with E-state index in [9.17, 15) is 0 Å². The van der Waals surface area contributed by atoms with E-state index in [1.54, 1.807) is 12.3 Å². The summed E-state index contributed by atoms with van der Waals surface area (Å²) >= 11 is 0. The van der Waals surface area contributed by atoms with E-state index in [0.717, 1.165) is 37.1 Å². The number of nitrogens with zero attached hydrogens (tertiary/aromatic N) is 3. The van der Waals surface area contributed by atoms with Gasteiger partial charge in [0.1, 0.15) is 11.9 Å². The fourth-order valence-corrected chi connectivity index (χ4v) is 2.98. The predicted molar refractivity (Wildman–Crippen MR) is 100 cm³/mol. The van der Waals surface area contributed by atoms with Crippen molar-refractivity contribution < 1.29 is 4.42 Å². The number of likely N-dealkylation sites (tertiary alicyclic amines) is 1. The van der Waals surface area contributed by atoms with Gasteiger partial charge in [-0.2, -0.15) is 5.26 Å². The third-order valence-electron chi connectivity index (χ3n) is 4.47. The Balaban J connectivity index is 0.000000258. The molecule has 0 aromatic carbocycles. The molecule has 0 amide bonds. The summed E-state index contributed by atoms with van der Waals surface area (Å²) < 4.78 is 5.32. The average Bonchev–Trinajstić information content (AvgIpc) is 3.08. The molecule has 2 aromatic rings. The summed E-state index contributed by atoms with van der Waals surface area (Å²) in [6.07, 6.45) is 14.9. The Bertz CT molecular complexity index is 780. The Morgan fingerprint density at radius 2 is 1.92 bits per heavy atom. The van der Waals surface area contributed by atoms with Crippen molar-refractivity contribution in [2.75, 3.05) is 25.5 Å². The van der Waals surface area contributed by atoms with Crippen LogP contribution in [0.2, 0.25) is 0 Å². The van der Waals surface area contributed by atoms with E-state index >= 15 is 0 Å². The largest absolute Gasteiger partial charge is 0.444 e. The zero-order chi connectivity index (χ0) is 17.5. The topological polar surface area (TPSA) is 65.1 Å². The Kier molecular flexibility index (Phi) is 5.86. The summed E-state index contributed by atoms with van der Waals surface area (Å²) in [6.45, 7) is 2.23. The maximum Gasteiger partial charge on any atom is 0.204 e. The van der Waals surface area contributed by atoms with Gasteiger partial charge in [-0.15, -0.1) is 0 Å². The van der Waals surface area contributed by atoms with Crippen molar-refractivity contribution in [3.05, 3.63) is 48.4 Å². The molecule has 0 unspecified atom stereocenters. The van der Waals surface area contributed by atoms with Crippen LogP contribution in [0, 0.1) is 11.3 Å². The lowest BCUT2D eigenvalue weighted by atomic mass is 10.1. The van der Waals surface area contributed by atoms with Crippen LogP contribution in [-0.4, -0.2) is 36.1 Å². The van der Waals surface area contributed by atoms with Crippen molar-refractivity contribution in [3.8, 4) is 6.07 Å². The van der Waals surface area contributed by atoms with Crippen LogP contribution in [0.1, 0.15) is 31.4 Å². The van der Waals surface area contributed by atoms with E-state index in [1.165, 1.54) is 12.8 Å². The van der Waals surface area contributed by atoms with Crippen molar-refractivity contribution in [2.45, 2.75) is 31.7 Å². The molecule has 1 fully saturated rings. The SMILES string of the molecule is C1=CCCC=C1.CN1CCC(Nc2cc3cc(C#N)oc3cn2)CC1. The molecule has 5 nitrogen and oxygen atoms in total. The molecule has 1 aliphatic carbocycles. The lowest BCUT2D eigenvalue weighted by molar-refractivity contribution is 0.263. The van der Waals surface area contributed by atoms with Gasteiger partial charge >= 0.3 is 0 Å². The molecule has 0 bridgehead atoms. The standard InChI is InChI=1S/C14H16N4O.C6H8/c1-18-4-2-11(3-5-18)17-14-7-10-6-12(8-15)19-13(10)9-16-14;1-2-4-6-5-3-1/h6-7,9,11H,2-5H2,1H3,(H,16,17);1-4H,5-6H2. The van der Waals surface area contributed by atoms with Crippen LogP contribution in [0.25, 0.3) is 11.0 Å². The number of fused-ring (bicyclic) bond motifs is 1. The number of aromatic nitrogens is 1. The first kappa shape index (κ1) is 17.2. The number of hydrogen-bond acceptors (Lipinski definition) is 5. The van der Waals surface area contributed by atoms with Gasteiger partial charge < -0.3 is 14.6 Å². The second-order valence-corrected chi connectivity index (χ2v) is 6.49. The molecule has 25 heavy (non-hydrogen) atoms. The van der Waals surface area contributed by atoms with Crippen molar-refractivity contribution in [1.29, 1.82) is 5.26 Å². The molecule has 2 aromatic heterocycles. The molecule has 130 valence electrons. The van der Waals surface area contributed by atoms with Crippen molar-refractivity contribution >= 4 is 16.8 Å². The first-order valence-corrected chi connectivity index (χ1v) is 8.81. The number of nitrogens with one attached hydrogen (secondary N) is 1. The molecule has 0 saturated carbocycles.